The number of ether oxygens (including phenoxy) is 1. The van der Waals surface area contributed by atoms with E-state index in [-0.39, 0.29) is 33.8 Å². The predicted octanol–water partition coefficient (Wildman–Crippen LogP) is 3.05. The average Bonchev–Trinajstić information content (AvgIpc) is 2.78. The van der Waals surface area contributed by atoms with Gasteiger partial charge in [0.1, 0.15) is 17.9 Å². The van der Waals surface area contributed by atoms with Crippen LogP contribution in [-0.4, -0.2) is 37.6 Å². The van der Waals surface area contributed by atoms with Crippen molar-refractivity contribution in [1.82, 2.24) is 4.90 Å². The Morgan fingerprint density at radius 1 is 1.18 bits per heavy atom. The molecule has 0 amide bonds. The number of halogens is 4. The van der Waals surface area contributed by atoms with Crippen molar-refractivity contribution in [3.05, 3.63) is 63.0 Å². The minimum absolute atomic E-state index is 0.0375. The number of fused-ring (bicyclic) bond motifs is 1. The molecule has 1 aliphatic rings. The largest absolute Gasteiger partial charge is 0.872 e. The number of para-hydroxylation sites is 1. The van der Waals surface area contributed by atoms with Crippen molar-refractivity contribution >= 4 is 22.6 Å². The molecule has 6 nitrogen and oxygen atoms in total. The molecule has 1 N–H and O–H groups in total. The maximum Gasteiger partial charge on any atom is 0.453 e. The standard InChI is InChI=1S/C23H22ClF3N2O4/c1-2-28-9-11-29(12-10-28)13-15-17(30)8-7-14-19(31)21(22(23(25,26)27)33-20(14)15)32-18-6-4-3-5-16(18)24/h3-8,30H,2,9-13H2,1H3. The van der Waals surface area contributed by atoms with Crippen molar-refractivity contribution < 1.29 is 32.3 Å². The number of nitrogens with zero attached hydrogens (tertiary/aromatic N) is 1. The Bertz CT molecular complexity index is 1220. The highest BCUT2D eigenvalue weighted by molar-refractivity contribution is 6.32. The molecule has 2 heterocycles. The van der Waals surface area contributed by atoms with E-state index in [1.807, 2.05) is 0 Å². The van der Waals surface area contributed by atoms with Gasteiger partial charge in [-0.2, -0.15) is 13.2 Å². The maximum atomic E-state index is 13.9. The Balaban J connectivity index is 1.82. The quantitative estimate of drug-likeness (QED) is 0.605. The first-order valence-corrected chi connectivity index (χ1v) is 10.9. The summed E-state index contributed by atoms with van der Waals surface area (Å²) >= 11 is 6.00. The highest BCUT2D eigenvalue weighted by Gasteiger charge is 2.41. The first-order valence-electron chi connectivity index (χ1n) is 10.5. The Morgan fingerprint density at radius 2 is 1.88 bits per heavy atom. The topological polar surface area (TPSA) is 70.2 Å². The van der Waals surface area contributed by atoms with E-state index in [9.17, 15) is 23.1 Å². The van der Waals surface area contributed by atoms with Gasteiger partial charge in [0.15, 0.2) is 0 Å². The number of alkyl halides is 3. The normalized spacial score (nSPS) is 15.8. The fourth-order valence-corrected chi connectivity index (χ4v) is 4.15. The molecule has 1 aromatic heterocycles. The molecule has 10 heteroatoms. The molecule has 0 spiro atoms. The number of quaternary nitrogens is 1. The molecule has 0 unspecified atom stereocenters. The Kier molecular flexibility index (Phi) is 6.56. The van der Waals surface area contributed by atoms with Crippen molar-refractivity contribution in [2.45, 2.75) is 19.6 Å². The lowest BCUT2D eigenvalue weighted by atomic mass is 10.1. The minimum Gasteiger partial charge on any atom is -0.872 e. The Hall–Kier alpha value is -2.75. The summed E-state index contributed by atoms with van der Waals surface area (Å²) in [5.41, 5.74) is -1.31. The second-order valence-corrected chi connectivity index (χ2v) is 8.31. The molecule has 0 radical (unpaired) electrons. The zero-order chi connectivity index (χ0) is 23.8. The third-order valence-corrected chi connectivity index (χ3v) is 6.13. The van der Waals surface area contributed by atoms with Gasteiger partial charge in [0.05, 0.1) is 23.5 Å². The SMILES string of the molecule is CCN1CC[NH+](Cc2c([O-])ccc3c(=O)c(Oc4ccccc4Cl)c(C(F)(F)F)oc23)CC1. The molecule has 3 aromatic rings. The molecule has 33 heavy (non-hydrogen) atoms. The van der Waals surface area contributed by atoms with E-state index < -0.39 is 28.9 Å². The Labute approximate surface area is 192 Å². The van der Waals surface area contributed by atoms with E-state index in [1.165, 1.54) is 30.3 Å². The van der Waals surface area contributed by atoms with Crippen LogP contribution in [0.3, 0.4) is 0 Å². The second-order valence-electron chi connectivity index (χ2n) is 7.90. The zero-order valence-corrected chi connectivity index (χ0v) is 18.6. The van der Waals surface area contributed by atoms with Gasteiger partial charge >= 0.3 is 6.18 Å². The number of rotatable bonds is 5. The third kappa shape index (κ3) is 4.80. The van der Waals surface area contributed by atoms with E-state index in [4.69, 9.17) is 20.8 Å². The van der Waals surface area contributed by atoms with E-state index in [0.29, 0.717) is 0 Å². The van der Waals surface area contributed by atoms with Crippen LogP contribution in [0.5, 0.6) is 17.2 Å². The van der Waals surface area contributed by atoms with Crippen LogP contribution >= 0.6 is 11.6 Å². The second kappa shape index (κ2) is 9.24. The molecule has 2 aromatic carbocycles. The molecule has 4 rings (SSSR count). The van der Waals surface area contributed by atoms with E-state index in [1.54, 1.807) is 6.07 Å². The molecular formula is C23H22ClF3N2O4. The predicted molar refractivity (Wildman–Crippen MR) is 115 cm³/mol. The van der Waals surface area contributed by atoms with Gasteiger partial charge in [-0.15, -0.1) is 0 Å². The van der Waals surface area contributed by atoms with Crippen LogP contribution in [0.1, 0.15) is 18.2 Å². The first kappa shape index (κ1) is 23.4. The van der Waals surface area contributed by atoms with Gasteiger partial charge in [-0.25, -0.2) is 0 Å². The monoisotopic (exact) mass is 482 g/mol. The van der Waals surface area contributed by atoms with Gasteiger partial charge in [0.25, 0.3) is 5.76 Å². The molecule has 1 aliphatic heterocycles. The third-order valence-electron chi connectivity index (χ3n) is 5.82. The van der Waals surface area contributed by atoms with Crippen LogP contribution in [0.25, 0.3) is 11.0 Å². The van der Waals surface area contributed by atoms with Crippen LogP contribution < -0.4 is 20.2 Å². The average molecular weight is 483 g/mol. The summed E-state index contributed by atoms with van der Waals surface area (Å²) in [7, 11) is 0. The summed E-state index contributed by atoms with van der Waals surface area (Å²) in [4.78, 5) is 16.4. The van der Waals surface area contributed by atoms with Gasteiger partial charge in [0, 0.05) is 18.7 Å². The molecule has 0 aliphatic carbocycles. The molecule has 0 saturated carbocycles. The molecule has 0 bridgehead atoms. The highest BCUT2D eigenvalue weighted by Crippen LogP contribution is 2.40. The van der Waals surface area contributed by atoms with Crippen molar-refractivity contribution in [2.75, 3.05) is 32.7 Å². The summed E-state index contributed by atoms with van der Waals surface area (Å²) in [6.45, 7) is 6.23. The number of hydrogen-bond acceptors (Lipinski definition) is 5. The highest BCUT2D eigenvalue weighted by atomic mass is 35.5. The number of nitrogens with one attached hydrogen (secondary N) is 1. The summed E-state index contributed by atoms with van der Waals surface area (Å²) < 4.78 is 52.2. The van der Waals surface area contributed by atoms with Gasteiger partial charge in [-0.3, -0.25) is 9.69 Å². The fourth-order valence-electron chi connectivity index (χ4n) is 3.98. The number of hydrogen-bond donors (Lipinski definition) is 1. The van der Waals surface area contributed by atoms with Crippen LogP contribution in [0.4, 0.5) is 13.2 Å². The van der Waals surface area contributed by atoms with Crippen molar-refractivity contribution in [3.8, 4) is 17.2 Å². The minimum atomic E-state index is -5.03. The van der Waals surface area contributed by atoms with Crippen molar-refractivity contribution in [1.29, 1.82) is 0 Å². The lowest BCUT2D eigenvalue weighted by Gasteiger charge is -2.32. The van der Waals surface area contributed by atoms with Crippen molar-refractivity contribution in [2.24, 2.45) is 0 Å². The molecule has 176 valence electrons. The smallest absolute Gasteiger partial charge is 0.453 e. The summed E-state index contributed by atoms with van der Waals surface area (Å²) in [6.07, 6.45) is -5.03. The number of benzene rings is 2. The lowest BCUT2D eigenvalue weighted by Crippen LogP contribution is -3.13. The summed E-state index contributed by atoms with van der Waals surface area (Å²) in [5, 5.41) is 12.5. The van der Waals surface area contributed by atoms with Crippen LogP contribution in [0, 0.1) is 0 Å². The van der Waals surface area contributed by atoms with Gasteiger partial charge in [-0.1, -0.05) is 42.5 Å². The zero-order valence-electron chi connectivity index (χ0n) is 17.8. The first-order chi connectivity index (χ1) is 15.7. The van der Waals surface area contributed by atoms with Gasteiger partial charge in [0.2, 0.25) is 11.2 Å². The molecule has 1 saturated heterocycles. The molecule has 1 fully saturated rings. The number of piperazine rings is 1. The molecular weight excluding hydrogens is 461 g/mol. The van der Waals surface area contributed by atoms with E-state index in [2.05, 4.69) is 11.8 Å². The van der Waals surface area contributed by atoms with Crippen LogP contribution in [0.2, 0.25) is 5.02 Å². The van der Waals surface area contributed by atoms with E-state index >= 15 is 0 Å². The van der Waals surface area contributed by atoms with E-state index in [0.717, 1.165) is 37.6 Å². The van der Waals surface area contributed by atoms with Crippen LogP contribution in [-0.2, 0) is 12.7 Å². The summed E-state index contributed by atoms with van der Waals surface area (Å²) in [5.74, 6) is -3.20. The van der Waals surface area contributed by atoms with Crippen LogP contribution in [0.15, 0.2) is 45.6 Å². The number of likely N-dealkylation sites (N-methyl/N-ethyl adjacent to an activating group) is 1. The fraction of sp³-hybridized carbons (Fsp3) is 0.348. The van der Waals surface area contributed by atoms with Gasteiger partial charge in [-0.05, 0) is 24.7 Å². The van der Waals surface area contributed by atoms with Gasteiger partial charge < -0.3 is 19.2 Å². The maximum absolute atomic E-state index is 13.9. The van der Waals surface area contributed by atoms with Crippen molar-refractivity contribution in [3.63, 3.8) is 0 Å². The summed E-state index contributed by atoms with van der Waals surface area (Å²) in [6, 6.07) is 8.22. The molecule has 0 atom stereocenters. The lowest BCUT2D eigenvalue weighted by molar-refractivity contribution is -0.918. The Morgan fingerprint density at radius 3 is 2.52 bits per heavy atom.